The fourth-order valence-corrected chi connectivity index (χ4v) is 2.37. The number of hydrogen-bond acceptors (Lipinski definition) is 5. The van der Waals surface area contributed by atoms with Crippen LogP contribution in [0.15, 0.2) is 42.5 Å². The molecule has 1 aromatic heterocycles. The Morgan fingerprint density at radius 1 is 1.08 bits per heavy atom. The van der Waals surface area contributed by atoms with Crippen LogP contribution in [0.1, 0.15) is 0 Å². The number of nitrogens with zero attached hydrogens (tertiary/aromatic N) is 3. The highest BCUT2D eigenvalue weighted by Gasteiger charge is 2.17. The Kier molecular flexibility index (Phi) is 4.92. The highest BCUT2D eigenvalue weighted by molar-refractivity contribution is 5.71. The molecule has 0 spiro atoms. The van der Waals surface area contributed by atoms with E-state index in [1.807, 2.05) is 0 Å². The van der Waals surface area contributed by atoms with Gasteiger partial charge in [0, 0.05) is 11.1 Å². The average Bonchev–Trinajstić information content (AvgIpc) is 3.06. The van der Waals surface area contributed by atoms with Gasteiger partial charge < -0.3 is 9.47 Å². The average molecular weight is 359 g/mol. The van der Waals surface area contributed by atoms with Crippen LogP contribution in [-0.4, -0.2) is 35.0 Å². The van der Waals surface area contributed by atoms with Crippen LogP contribution < -0.4 is 4.74 Å². The number of halogens is 2. The maximum atomic E-state index is 13.7. The lowest BCUT2D eigenvalue weighted by Crippen LogP contribution is -2.14. The molecule has 0 saturated heterocycles. The first-order valence-corrected chi connectivity index (χ1v) is 7.63. The van der Waals surface area contributed by atoms with Gasteiger partial charge in [-0.05, 0) is 42.5 Å². The number of hydrogen-bond donors (Lipinski definition) is 0. The molecular formula is C18H15F2N3O3. The minimum Gasteiger partial charge on any atom is -0.494 e. The highest BCUT2D eigenvalue weighted by atomic mass is 19.1. The lowest BCUT2D eigenvalue weighted by molar-refractivity contribution is -0.141. The number of benzene rings is 2. The molecule has 0 aliphatic heterocycles. The van der Waals surface area contributed by atoms with E-state index in [0.717, 1.165) is 0 Å². The standard InChI is InChI=1S/C18H15F2N3O3/c1-25-15-9-12(5-8-14(15)20)18-21-17(11-3-6-13(19)7-4-11)22-23(18)10-16(24)26-2/h3-9H,10H2,1-2H3. The number of carbonyl (C=O) groups excluding carboxylic acids is 1. The maximum Gasteiger partial charge on any atom is 0.327 e. The quantitative estimate of drug-likeness (QED) is 0.655. The van der Waals surface area contributed by atoms with E-state index in [4.69, 9.17) is 4.74 Å². The van der Waals surface area contributed by atoms with E-state index in [1.54, 1.807) is 0 Å². The predicted molar refractivity (Wildman–Crippen MR) is 89.4 cm³/mol. The Balaban J connectivity index is 2.09. The summed E-state index contributed by atoms with van der Waals surface area (Å²) in [6, 6.07) is 9.84. The van der Waals surface area contributed by atoms with Crippen LogP contribution in [0.5, 0.6) is 5.75 Å². The predicted octanol–water partition coefficient (Wildman–Crippen LogP) is 3.07. The van der Waals surface area contributed by atoms with Gasteiger partial charge in [0.1, 0.15) is 12.4 Å². The number of methoxy groups -OCH3 is 2. The summed E-state index contributed by atoms with van der Waals surface area (Å²) in [5.74, 6) is -0.755. The van der Waals surface area contributed by atoms with Crippen molar-refractivity contribution in [2.24, 2.45) is 0 Å². The van der Waals surface area contributed by atoms with Crippen LogP contribution in [0.3, 0.4) is 0 Å². The summed E-state index contributed by atoms with van der Waals surface area (Å²) in [6.45, 7) is -0.181. The van der Waals surface area contributed by atoms with Crippen molar-refractivity contribution >= 4 is 5.97 Å². The minimum absolute atomic E-state index is 0.0402. The van der Waals surface area contributed by atoms with Crippen molar-refractivity contribution in [2.75, 3.05) is 14.2 Å². The Morgan fingerprint density at radius 3 is 2.42 bits per heavy atom. The molecule has 3 aromatic rings. The second-order valence-electron chi connectivity index (χ2n) is 5.35. The number of rotatable bonds is 5. The summed E-state index contributed by atoms with van der Waals surface area (Å²) >= 11 is 0. The van der Waals surface area contributed by atoms with Crippen molar-refractivity contribution < 1.29 is 23.0 Å². The summed E-state index contributed by atoms with van der Waals surface area (Å²) in [4.78, 5) is 16.1. The largest absolute Gasteiger partial charge is 0.494 e. The molecule has 0 atom stereocenters. The van der Waals surface area contributed by atoms with Crippen molar-refractivity contribution in [3.63, 3.8) is 0 Å². The third-order valence-electron chi connectivity index (χ3n) is 3.69. The SMILES string of the molecule is COC(=O)Cn1nc(-c2ccc(F)cc2)nc1-c1ccc(F)c(OC)c1. The highest BCUT2D eigenvalue weighted by Crippen LogP contribution is 2.27. The fourth-order valence-electron chi connectivity index (χ4n) is 2.37. The molecule has 3 rings (SSSR count). The molecule has 0 aliphatic rings. The van der Waals surface area contributed by atoms with E-state index < -0.39 is 11.8 Å². The third kappa shape index (κ3) is 3.53. The molecule has 0 amide bonds. The normalized spacial score (nSPS) is 10.6. The molecule has 6 nitrogen and oxygen atoms in total. The molecule has 1 heterocycles. The lowest BCUT2D eigenvalue weighted by Gasteiger charge is -2.07. The topological polar surface area (TPSA) is 66.2 Å². The van der Waals surface area contributed by atoms with Crippen molar-refractivity contribution in [1.29, 1.82) is 0 Å². The summed E-state index contributed by atoms with van der Waals surface area (Å²) in [7, 11) is 2.62. The zero-order chi connectivity index (χ0) is 18.7. The van der Waals surface area contributed by atoms with Crippen molar-refractivity contribution in [1.82, 2.24) is 14.8 Å². The van der Waals surface area contributed by atoms with Crippen LogP contribution >= 0.6 is 0 Å². The van der Waals surface area contributed by atoms with Crippen molar-refractivity contribution in [3.05, 3.63) is 54.1 Å². The molecule has 0 aliphatic carbocycles. The van der Waals surface area contributed by atoms with E-state index in [9.17, 15) is 13.6 Å². The number of carbonyl (C=O) groups is 1. The second-order valence-corrected chi connectivity index (χ2v) is 5.35. The molecule has 8 heteroatoms. The summed E-state index contributed by atoms with van der Waals surface area (Å²) in [5, 5.41) is 4.30. The van der Waals surface area contributed by atoms with Gasteiger partial charge in [-0.3, -0.25) is 4.79 Å². The Morgan fingerprint density at radius 2 is 1.77 bits per heavy atom. The van der Waals surface area contributed by atoms with Gasteiger partial charge in [-0.1, -0.05) is 0 Å². The van der Waals surface area contributed by atoms with Crippen LogP contribution in [-0.2, 0) is 16.1 Å². The molecule has 0 bridgehead atoms. The molecule has 0 radical (unpaired) electrons. The molecule has 0 fully saturated rings. The molecule has 2 aromatic carbocycles. The monoisotopic (exact) mass is 359 g/mol. The fraction of sp³-hybridized carbons (Fsp3) is 0.167. The summed E-state index contributed by atoms with van der Waals surface area (Å²) in [6.07, 6.45) is 0. The van der Waals surface area contributed by atoms with Gasteiger partial charge in [0.2, 0.25) is 0 Å². The molecule has 0 N–H and O–H groups in total. The maximum absolute atomic E-state index is 13.7. The van der Waals surface area contributed by atoms with Crippen LogP contribution in [0.25, 0.3) is 22.8 Å². The summed E-state index contributed by atoms with van der Waals surface area (Å²) < 4.78 is 37.8. The van der Waals surface area contributed by atoms with E-state index >= 15 is 0 Å². The van der Waals surface area contributed by atoms with Gasteiger partial charge >= 0.3 is 5.97 Å². The summed E-state index contributed by atoms with van der Waals surface area (Å²) in [5.41, 5.74) is 1.08. The van der Waals surface area contributed by atoms with E-state index in [0.29, 0.717) is 22.8 Å². The Hall–Kier alpha value is -3.29. The van der Waals surface area contributed by atoms with E-state index in [-0.39, 0.29) is 18.1 Å². The first-order chi connectivity index (χ1) is 12.5. The van der Waals surface area contributed by atoms with Crippen LogP contribution in [0.4, 0.5) is 8.78 Å². The zero-order valence-electron chi connectivity index (χ0n) is 14.1. The van der Waals surface area contributed by atoms with Gasteiger partial charge in [0.05, 0.1) is 14.2 Å². The Labute approximate surface area is 148 Å². The van der Waals surface area contributed by atoms with Gasteiger partial charge in [-0.15, -0.1) is 5.10 Å². The van der Waals surface area contributed by atoms with Crippen LogP contribution in [0, 0.1) is 11.6 Å². The second kappa shape index (κ2) is 7.30. The number of ether oxygens (including phenoxy) is 2. The zero-order valence-corrected chi connectivity index (χ0v) is 14.1. The van der Waals surface area contributed by atoms with Crippen molar-refractivity contribution in [2.45, 2.75) is 6.54 Å². The van der Waals surface area contributed by atoms with Gasteiger partial charge in [-0.25, -0.2) is 18.4 Å². The third-order valence-corrected chi connectivity index (χ3v) is 3.69. The van der Waals surface area contributed by atoms with Crippen LogP contribution in [0.2, 0.25) is 0 Å². The minimum atomic E-state index is -0.519. The molecular weight excluding hydrogens is 344 g/mol. The van der Waals surface area contributed by atoms with E-state index in [2.05, 4.69) is 14.8 Å². The Bertz CT molecular complexity index is 939. The molecule has 26 heavy (non-hydrogen) atoms. The molecule has 0 saturated carbocycles. The molecule has 134 valence electrons. The number of esters is 1. The smallest absolute Gasteiger partial charge is 0.327 e. The van der Waals surface area contributed by atoms with Gasteiger partial charge in [0.25, 0.3) is 0 Å². The van der Waals surface area contributed by atoms with Gasteiger partial charge in [-0.2, -0.15) is 0 Å². The van der Waals surface area contributed by atoms with Gasteiger partial charge in [0.15, 0.2) is 23.2 Å². The first-order valence-electron chi connectivity index (χ1n) is 7.63. The van der Waals surface area contributed by atoms with Crippen molar-refractivity contribution in [3.8, 4) is 28.5 Å². The molecule has 0 unspecified atom stereocenters. The van der Waals surface area contributed by atoms with E-state index in [1.165, 1.54) is 61.4 Å². The first kappa shape index (κ1) is 17.5. The number of aromatic nitrogens is 3. The lowest BCUT2D eigenvalue weighted by atomic mass is 10.2.